The van der Waals surface area contributed by atoms with Gasteiger partial charge in [0, 0.05) is 18.2 Å². The van der Waals surface area contributed by atoms with Crippen molar-refractivity contribution in [2.24, 2.45) is 0 Å². The SMILES string of the molecule is COc1cccc(OCc2ccc(C(=O)Nc3cc(OC)c(Cl)cc3OC)o2)c1. The molecule has 0 bridgehead atoms. The average Bonchev–Trinajstić information content (AvgIpc) is 3.22. The lowest BCUT2D eigenvalue weighted by Crippen LogP contribution is -2.12. The summed E-state index contributed by atoms with van der Waals surface area (Å²) in [5.74, 6) is 2.31. The van der Waals surface area contributed by atoms with E-state index in [0.717, 1.165) is 0 Å². The van der Waals surface area contributed by atoms with E-state index in [-0.39, 0.29) is 12.4 Å². The Morgan fingerprint density at radius 1 is 0.966 bits per heavy atom. The third-order valence-electron chi connectivity index (χ3n) is 4.03. The average molecular weight is 418 g/mol. The minimum absolute atomic E-state index is 0.130. The number of nitrogens with one attached hydrogen (secondary N) is 1. The molecule has 0 unspecified atom stereocenters. The highest BCUT2D eigenvalue weighted by Crippen LogP contribution is 2.36. The fourth-order valence-corrected chi connectivity index (χ4v) is 2.80. The lowest BCUT2D eigenvalue weighted by molar-refractivity contribution is 0.0992. The summed E-state index contributed by atoms with van der Waals surface area (Å²) in [7, 11) is 4.55. The molecule has 29 heavy (non-hydrogen) atoms. The predicted octanol–water partition coefficient (Wildman–Crippen LogP) is 4.79. The molecule has 0 radical (unpaired) electrons. The summed E-state index contributed by atoms with van der Waals surface area (Å²) >= 11 is 6.08. The van der Waals surface area contributed by atoms with E-state index in [9.17, 15) is 4.79 Å². The van der Waals surface area contributed by atoms with Crippen molar-refractivity contribution >= 4 is 23.2 Å². The van der Waals surface area contributed by atoms with Crippen LogP contribution in [0.25, 0.3) is 0 Å². The molecular weight excluding hydrogens is 398 g/mol. The molecule has 0 fully saturated rings. The molecule has 3 rings (SSSR count). The van der Waals surface area contributed by atoms with Gasteiger partial charge in [-0.3, -0.25) is 4.79 Å². The molecule has 0 saturated heterocycles. The third kappa shape index (κ3) is 4.94. The Balaban J connectivity index is 1.68. The Morgan fingerprint density at radius 2 is 1.72 bits per heavy atom. The molecule has 0 aliphatic rings. The normalized spacial score (nSPS) is 10.3. The summed E-state index contributed by atoms with van der Waals surface area (Å²) in [5, 5.41) is 3.10. The maximum atomic E-state index is 12.5. The molecule has 0 aliphatic heterocycles. The molecule has 1 heterocycles. The maximum Gasteiger partial charge on any atom is 0.291 e. The van der Waals surface area contributed by atoms with E-state index in [1.807, 2.05) is 12.1 Å². The second kappa shape index (κ2) is 9.25. The number of furan rings is 1. The van der Waals surface area contributed by atoms with Crippen LogP contribution in [0, 0.1) is 0 Å². The number of benzene rings is 2. The van der Waals surface area contributed by atoms with Crippen molar-refractivity contribution in [1.29, 1.82) is 0 Å². The van der Waals surface area contributed by atoms with Crippen LogP contribution in [-0.2, 0) is 6.61 Å². The van der Waals surface area contributed by atoms with Crippen LogP contribution in [0.2, 0.25) is 5.02 Å². The lowest BCUT2D eigenvalue weighted by Gasteiger charge is -2.12. The number of rotatable bonds is 8. The van der Waals surface area contributed by atoms with Crippen LogP contribution in [-0.4, -0.2) is 27.2 Å². The number of amides is 1. The molecule has 7 nitrogen and oxygen atoms in total. The van der Waals surface area contributed by atoms with Crippen molar-refractivity contribution in [1.82, 2.24) is 0 Å². The van der Waals surface area contributed by atoms with Crippen molar-refractivity contribution in [3.05, 3.63) is 65.1 Å². The van der Waals surface area contributed by atoms with Crippen LogP contribution < -0.4 is 24.3 Å². The van der Waals surface area contributed by atoms with Gasteiger partial charge in [0.25, 0.3) is 5.91 Å². The van der Waals surface area contributed by atoms with Gasteiger partial charge in [-0.15, -0.1) is 0 Å². The number of hydrogen-bond donors (Lipinski definition) is 1. The van der Waals surface area contributed by atoms with E-state index < -0.39 is 5.91 Å². The summed E-state index contributed by atoms with van der Waals surface area (Å²) in [6, 6.07) is 13.6. The van der Waals surface area contributed by atoms with E-state index in [0.29, 0.717) is 39.5 Å². The summed E-state index contributed by atoms with van der Waals surface area (Å²) in [5.41, 5.74) is 0.407. The first-order valence-corrected chi connectivity index (χ1v) is 9.00. The maximum absolute atomic E-state index is 12.5. The second-order valence-electron chi connectivity index (χ2n) is 5.87. The van der Waals surface area contributed by atoms with Gasteiger partial charge in [0.2, 0.25) is 0 Å². The van der Waals surface area contributed by atoms with E-state index in [1.54, 1.807) is 43.5 Å². The zero-order valence-corrected chi connectivity index (χ0v) is 16.9. The van der Waals surface area contributed by atoms with E-state index >= 15 is 0 Å². The summed E-state index contributed by atoms with van der Waals surface area (Å²) in [4.78, 5) is 12.5. The van der Waals surface area contributed by atoms with Gasteiger partial charge in [-0.1, -0.05) is 17.7 Å². The number of carbonyl (C=O) groups is 1. The Morgan fingerprint density at radius 3 is 2.45 bits per heavy atom. The van der Waals surface area contributed by atoms with Crippen LogP contribution in [0.15, 0.2) is 52.9 Å². The highest BCUT2D eigenvalue weighted by molar-refractivity contribution is 6.32. The second-order valence-corrected chi connectivity index (χ2v) is 6.28. The van der Waals surface area contributed by atoms with Gasteiger partial charge in [-0.05, 0) is 24.3 Å². The predicted molar refractivity (Wildman–Crippen MR) is 109 cm³/mol. The first kappa shape index (κ1) is 20.4. The van der Waals surface area contributed by atoms with Gasteiger partial charge in [-0.25, -0.2) is 0 Å². The number of methoxy groups -OCH3 is 3. The van der Waals surface area contributed by atoms with Crippen LogP contribution in [0.4, 0.5) is 5.69 Å². The number of halogens is 1. The van der Waals surface area contributed by atoms with Gasteiger partial charge in [0.15, 0.2) is 5.76 Å². The minimum atomic E-state index is -0.444. The summed E-state index contributed by atoms with van der Waals surface area (Å²) in [6.07, 6.45) is 0. The third-order valence-corrected chi connectivity index (χ3v) is 4.33. The van der Waals surface area contributed by atoms with Crippen LogP contribution in [0.1, 0.15) is 16.3 Å². The molecular formula is C21H20ClNO6. The molecule has 152 valence electrons. The number of hydrogen-bond acceptors (Lipinski definition) is 6. The minimum Gasteiger partial charge on any atom is -0.497 e. The zero-order chi connectivity index (χ0) is 20.8. The summed E-state index contributed by atoms with van der Waals surface area (Å²) in [6.45, 7) is 0.165. The van der Waals surface area contributed by atoms with Crippen molar-refractivity contribution in [3.8, 4) is 23.0 Å². The van der Waals surface area contributed by atoms with E-state index in [4.69, 9.17) is 35.0 Å². The number of carbonyl (C=O) groups excluding carboxylic acids is 1. The molecule has 0 spiro atoms. The standard InChI is InChI=1S/C21H20ClNO6/c1-25-13-5-4-6-14(9-13)28-12-15-7-8-18(29-15)21(24)23-17-11-19(26-2)16(22)10-20(17)27-3/h4-11H,12H2,1-3H3,(H,23,24). The Bertz CT molecular complexity index is 1000. The molecule has 0 saturated carbocycles. The van der Waals surface area contributed by atoms with Crippen molar-refractivity contribution in [3.63, 3.8) is 0 Å². The van der Waals surface area contributed by atoms with Gasteiger partial charge in [0.1, 0.15) is 35.4 Å². The van der Waals surface area contributed by atoms with Gasteiger partial charge >= 0.3 is 0 Å². The van der Waals surface area contributed by atoms with Gasteiger partial charge in [-0.2, -0.15) is 0 Å². The first-order chi connectivity index (χ1) is 14.0. The zero-order valence-electron chi connectivity index (χ0n) is 16.2. The van der Waals surface area contributed by atoms with Crippen LogP contribution in [0.3, 0.4) is 0 Å². The van der Waals surface area contributed by atoms with E-state index in [2.05, 4.69) is 5.32 Å². The Labute approximate surface area is 173 Å². The molecule has 3 aromatic rings. The van der Waals surface area contributed by atoms with Crippen molar-refractivity contribution in [2.75, 3.05) is 26.6 Å². The largest absolute Gasteiger partial charge is 0.497 e. The fraction of sp³-hybridized carbons (Fsp3) is 0.190. The molecule has 1 aromatic heterocycles. The highest BCUT2D eigenvalue weighted by Gasteiger charge is 2.16. The summed E-state index contributed by atoms with van der Waals surface area (Å²) < 4.78 is 26.8. The lowest BCUT2D eigenvalue weighted by atomic mass is 10.2. The molecule has 1 amide bonds. The van der Waals surface area contributed by atoms with Crippen molar-refractivity contribution < 1.29 is 28.2 Å². The topological polar surface area (TPSA) is 79.2 Å². The quantitative estimate of drug-likeness (QED) is 0.567. The first-order valence-electron chi connectivity index (χ1n) is 8.62. The number of ether oxygens (including phenoxy) is 4. The molecule has 0 atom stereocenters. The van der Waals surface area contributed by atoms with Gasteiger partial charge in [0.05, 0.1) is 32.0 Å². The number of anilines is 1. The van der Waals surface area contributed by atoms with Gasteiger partial charge < -0.3 is 28.7 Å². The monoisotopic (exact) mass is 417 g/mol. The molecule has 8 heteroatoms. The van der Waals surface area contributed by atoms with Crippen LogP contribution >= 0.6 is 11.6 Å². The molecule has 2 aromatic carbocycles. The highest BCUT2D eigenvalue weighted by atomic mass is 35.5. The van der Waals surface area contributed by atoms with Crippen molar-refractivity contribution in [2.45, 2.75) is 6.61 Å². The fourth-order valence-electron chi connectivity index (χ4n) is 2.57. The Hall–Kier alpha value is -3.32. The van der Waals surface area contributed by atoms with Crippen LogP contribution in [0.5, 0.6) is 23.0 Å². The van der Waals surface area contributed by atoms with E-state index in [1.165, 1.54) is 14.2 Å². The molecule has 1 N–H and O–H groups in total. The smallest absolute Gasteiger partial charge is 0.291 e. The Kier molecular flexibility index (Phi) is 6.51. The molecule has 0 aliphatic carbocycles.